The van der Waals surface area contributed by atoms with E-state index >= 15 is 0 Å². The molecular formula is C22H25N2O5+. The zero-order valence-electron chi connectivity index (χ0n) is 17.0. The molecule has 0 saturated carbocycles. The molecule has 1 heterocycles. The molecule has 1 aromatic heterocycles. The van der Waals surface area contributed by atoms with Crippen LogP contribution in [0, 0.1) is 0 Å². The number of aromatic nitrogens is 1. The Labute approximate surface area is 169 Å². The van der Waals surface area contributed by atoms with Gasteiger partial charge in [0, 0.05) is 6.07 Å². The summed E-state index contributed by atoms with van der Waals surface area (Å²) >= 11 is 0. The first-order chi connectivity index (χ1) is 14.0. The predicted octanol–water partition coefficient (Wildman–Crippen LogP) is 2.24. The van der Waals surface area contributed by atoms with Gasteiger partial charge in [-0.3, -0.25) is 4.79 Å². The summed E-state index contributed by atoms with van der Waals surface area (Å²) in [5.41, 5.74) is 7.40. The second-order valence-electron chi connectivity index (χ2n) is 6.52. The molecule has 1 amide bonds. The Kier molecular flexibility index (Phi) is 6.07. The van der Waals surface area contributed by atoms with Gasteiger partial charge in [0.25, 0.3) is 5.91 Å². The molecule has 7 nitrogen and oxygen atoms in total. The summed E-state index contributed by atoms with van der Waals surface area (Å²) in [4.78, 5) is 11.6. The highest BCUT2D eigenvalue weighted by atomic mass is 16.5. The van der Waals surface area contributed by atoms with Crippen LogP contribution in [0.25, 0.3) is 10.8 Å². The van der Waals surface area contributed by atoms with E-state index in [0.717, 1.165) is 22.0 Å². The first-order valence-electron chi connectivity index (χ1n) is 9.07. The van der Waals surface area contributed by atoms with Gasteiger partial charge in [-0.05, 0) is 35.2 Å². The van der Waals surface area contributed by atoms with Crippen molar-refractivity contribution in [1.29, 1.82) is 0 Å². The van der Waals surface area contributed by atoms with Gasteiger partial charge in [-0.1, -0.05) is 6.07 Å². The van der Waals surface area contributed by atoms with Gasteiger partial charge in [0.1, 0.15) is 0 Å². The Bertz CT molecular complexity index is 1050. The minimum Gasteiger partial charge on any atom is -0.493 e. The van der Waals surface area contributed by atoms with E-state index in [0.29, 0.717) is 29.4 Å². The number of rotatable bonds is 8. The summed E-state index contributed by atoms with van der Waals surface area (Å²) in [7, 11) is 6.40. The third-order valence-electron chi connectivity index (χ3n) is 4.79. The minimum absolute atomic E-state index is 0.0763. The molecule has 0 fully saturated rings. The van der Waals surface area contributed by atoms with Crippen LogP contribution >= 0.6 is 0 Å². The number of carbonyl (C=O) groups is 1. The molecule has 3 aromatic rings. The Balaban J connectivity index is 2.18. The maximum Gasteiger partial charge on any atom is 0.283 e. The number of pyridine rings is 1. The molecule has 0 radical (unpaired) electrons. The first kappa shape index (κ1) is 20.3. The molecule has 2 aromatic carbocycles. The van der Waals surface area contributed by atoms with Crippen LogP contribution in [0.4, 0.5) is 0 Å². The standard InChI is InChI=1S/C22H24N2O5/c1-26-18-6-5-14(10-19(18)27-2)9-17-16-12-21(29-4)20(28-3)11-15(16)7-8-24(17)13-22(23)25/h5-8,10-12H,9,13H2,1-4H3,(H-,23,25)/p+1. The lowest BCUT2D eigenvalue weighted by atomic mass is 10.0. The number of fused-ring (bicyclic) bond motifs is 1. The third kappa shape index (κ3) is 4.18. The van der Waals surface area contributed by atoms with Gasteiger partial charge in [0.2, 0.25) is 6.54 Å². The number of hydrogen-bond donors (Lipinski definition) is 1. The molecule has 3 rings (SSSR count). The van der Waals surface area contributed by atoms with Gasteiger partial charge in [0.05, 0.1) is 40.2 Å². The topological polar surface area (TPSA) is 83.9 Å². The molecule has 0 atom stereocenters. The number of amides is 1. The normalized spacial score (nSPS) is 10.6. The highest BCUT2D eigenvalue weighted by molar-refractivity contribution is 5.87. The maximum atomic E-state index is 11.6. The van der Waals surface area contributed by atoms with Crippen molar-refractivity contribution < 1.29 is 28.3 Å². The number of nitrogens with two attached hydrogens (primary N) is 1. The molecule has 29 heavy (non-hydrogen) atoms. The van der Waals surface area contributed by atoms with Crippen molar-refractivity contribution in [2.45, 2.75) is 13.0 Å². The van der Waals surface area contributed by atoms with Crippen molar-refractivity contribution in [3.05, 3.63) is 53.9 Å². The Morgan fingerprint density at radius 1 is 0.862 bits per heavy atom. The number of ether oxygens (including phenoxy) is 4. The molecule has 0 saturated heterocycles. The van der Waals surface area contributed by atoms with Crippen LogP contribution in [0.15, 0.2) is 42.6 Å². The molecule has 0 spiro atoms. The lowest BCUT2D eigenvalue weighted by molar-refractivity contribution is -0.689. The van der Waals surface area contributed by atoms with Gasteiger partial charge in [-0.25, -0.2) is 0 Å². The summed E-state index contributed by atoms with van der Waals surface area (Å²) in [6.07, 6.45) is 2.41. The summed E-state index contributed by atoms with van der Waals surface area (Å²) in [6, 6.07) is 11.5. The van der Waals surface area contributed by atoms with Gasteiger partial charge in [-0.15, -0.1) is 0 Å². The molecule has 0 bridgehead atoms. The SMILES string of the molecule is COc1ccc(Cc2c3cc(OC)c(OC)cc3cc[n+]2CC(N)=O)cc1OC. The monoisotopic (exact) mass is 397 g/mol. The number of methoxy groups -OCH3 is 4. The summed E-state index contributed by atoms with van der Waals surface area (Å²) in [5, 5.41) is 1.92. The van der Waals surface area contributed by atoms with Crippen molar-refractivity contribution in [2.24, 2.45) is 5.73 Å². The van der Waals surface area contributed by atoms with Gasteiger partial charge in [0.15, 0.2) is 34.9 Å². The molecule has 2 N–H and O–H groups in total. The third-order valence-corrected chi connectivity index (χ3v) is 4.79. The average molecular weight is 397 g/mol. The smallest absolute Gasteiger partial charge is 0.283 e. The fourth-order valence-electron chi connectivity index (χ4n) is 3.39. The van der Waals surface area contributed by atoms with E-state index in [1.54, 1.807) is 28.4 Å². The van der Waals surface area contributed by atoms with Crippen LogP contribution in [0.5, 0.6) is 23.0 Å². The maximum absolute atomic E-state index is 11.6. The molecule has 0 aliphatic heterocycles. The number of nitrogens with zero attached hydrogens (tertiary/aromatic N) is 1. The van der Waals surface area contributed by atoms with Gasteiger partial charge < -0.3 is 24.7 Å². The zero-order valence-corrected chi connectivity index (χ0v) is 17.0. The van der Waals surface area contributed by atoms with Gasteiger partial charge in [-0.2, -0.15) is 4.57 Å². The molecular weight excluding hydrogens is 372 g/mol. The van der Waals surface area contributed by atoms with Crippen molar-refractivity contribution in [3.8, 4) is 23.0 Å². The molecule has 7 heteroatoms. The highest BCUT2D eigenvalue weighted by Gasteiger charge is 2.21. The van der Waals surface area contributed by atoms with Crippen molar-refractivity contribution >= 4 is 16.7 Å². The molecule has 152 valence electrons. The Morgan fingerprint density at radius 2 is 1.48 bits per heavy atom. The van der Waals surface area contributed by atoms with E-state index in [1.807, 2.05) is 47.2 Å². The van der Waals surface area contributed by atoms with Crippen molar-refractivity contribution in [1.82, 2.24) is 0 Å². The highest BCUT2D eigenvalue weighted by Crippen LogP contribution is 2.34. The van der Waals surface area contributed by atoms with Crippen molar-refractivity contribution in [3.63, 3.8) is 0 Å². The zero-order chi connectivity index (χ0) is 21.0. The lowest BCUT2D eigenvalue weighted by Gasteiger charge is -2.13. The van der Waals surface area contributed by atoms with Gasteiger partial charge >= 0.3 is 0 Å². The fraction of sp³-hybridized carbons (Fsp3) is 0.273. The number of primary amides is 1. The largest absolute Gasteiger partial charge is 0.493 e. The van der Waals surface area contributed by atoms with E-state index in [4.69, 9.17) is 24.7 Å². The van der Waals surface area contributed by atoms with E-state index in [9.17, 15) is 4.79 Å². The quantitative estimate of drug-likeness (QED) is 0.590. The Morgan fingerprint density at radius 3 is 2.10 bits per heavy atom. The molecule has 0 unspecified atom stereocenters. The fourth-order valence-corrected chi connectivity index (χ4v) is 3.39. The van der Waals surface area contributed by atoms with Crippen LogP contribution in [0.3, 0.4) is 0 Å². The van der Waals surface area contributed by atoms with E-state index in [2.05, 4.69) is 0 Å². The summed E-state index contributed by atoms with van der Waals surface area (Å²) in [6.45, 7) is 0.0763. The second-order valence-corrected chi connectivity index (χ2v) is 6.52. The minimum atomic E-state index is -0.414. The van der Waals surface area contributed by atoms with Crippen LogP contribution in [0.2, 0.25) is 0 Å². The van der Waals surface area contributed by atoms with Crippen molar-refractivity contribution in [2.75, 3.05) is 28.4 Å². The molecule has 0 aliphatic carbocycles. The van der Waals surface area contributed by atoms with E-state index in [1.165, 1.54) is 0 Å². The van der Waals surface area contributed by atoms with Crippen LogP contribution in [0.1, 0.15) is 11.3 Å². The van der Waals surface area contributed by atoms with Crippen LogP contribution in [-0.2, 0) is 17.8 Å². The molecule has 0 aliphatic rings. The predicted molar refractivity (Wildman–Crippen MR) is 109 cm³/mol. The average Bonchev–Trinajstić information content (AvgIpc) is 2.73. The lowest BCUT2D eigenvalue weighted by Crippen LogP contribution is -2.44. The van der Waals surface area contributed by atoms with Crippen LogP contribution in [-0.4, -0.2) is 34.3 Å². The number of benzene rings is 2. The second kappa shape index (κ2) is 8.68. The van der Waals surface area contributed by atoms with Crippen LogP contribution < -0.4 is 29.2 Å². The first-order valence-corrected chi connectivity index (χ1v) is 9.07. The summed E-state index contributed by atoms with van der Waals surface area (Å²) < 4.78 is 23.5. The number of hydrogen-bond acceptors (Lipinski definition) is 5. The van der Waals surface area contributed by atoms with E-state index < -0.39 is 5.91 Å². The Hall–Kier alpha value is -3.48. The summed E-state index contributed by atoms with van der Waals surface area (Å²) in [5.74, 6) is 2.15. The number of carbonyl (C=O) groups excluding carboxylic acids is 1. The van der Waals surface area contributed by atoms with E-state index in [-0.39, 0.29) is 6.54 Å².